The van der Waals surface area contributed by atoms with E-state index in [1.165, 1.54) is 133 Å². The van der Waals surface area contributed by atoms with Crippen LogP contribution < -0.4 is 0 Å². The van der Waals surface area contributed by atoms with Crippen molar-refractivity contribution >= 4 is 19.9 Å². The number of carbonyl (C=O) groups is 1. The van der Waals surface area contributed by atoms with E-state index in [2.05, 4.69) is 73.7 Å². The molecule has 0 amide bonds. The van der Waals surface area contributed by atoms with Crippen LogP contribution in [0.4, 0.5) is 0 Å². The van der Waals surface area contributed by atoms with E-state index in [-0.39, 0.29) is 5.41 Å². The summed E-state index contributed by atoms with van der Waals surface area (Å²) in [5, 5.41) is 0. The molecular weight excluding hydrogens is 482 g/mol. The fourth-order valence-electron chi connectivity index (χ4n) is 6.53. The Morgan fingerprint density at radius 2 is 1.10 bits per heavy atom. The minimum Gasteiger partial charge on any atom is -0.0654 e. The molecule has 1 aromatic rings. The molecule has 0 spiro atoms. The quantitative estimate of drug-likeness (QED) is 0.0788. The van der Waals surface area contributed by atoms with Crippen LogP contribution in [-0.4, -0.2) is 19.9 Å². The number of carbonyl (C=O) groups excluding carboxylic acids is 1. The van der Waals surface area contributed by atoms with Crippen molar-refractivity contribution in [2.24, 2.45) is 10.8 Å². The normalized spacial score (nSPS) is 13.2. The molecule has 0 aromatic carbocycles. The van der Waals surface area contributed by atoms with Crippen LogP contribution >= 0.6 is 0 Å². The van der Waals surface area contributed by atoms with Gasteiger partial charge in [0.15, 0.2) is 0 Å². The van der Waals surface area contributed by atoms with Crippen molar-refractivity contribution in [3.63, 3.8) is 0 Å². The number of hydrogen-bond acceptors (Lipinski definition) is 1. The molecular formula is C37H67B2O. The summed E-state index contributed by atoms with van der Waals surface area (Å²) in [7, 11) is 2.07. The fraction of sp³-hybridized carbons (Fsp3) is 0.838. The molecule has 3 heteroatoms. The third-order valence-electron chi connectivity index (χ3n) is 9.52. The van der Waals surface area contributed by atoms with E-state index in [0.29, 0.717) is 11.1 Å². The SMILES string of the molecule is CCCCCCCC(C)(CCCCCC)Cc1cbccc1C[B]C(=O)C(C)(CCCCCC)CCCCCC. The minimum absolute atomic E-state index is 0.192. The Morgan fingerprint density at radius 3 is 1.60 bits per heavy atom. The zero-order chi connectivity index (χ0) is 29.5. The van der Waals surface area contributed by atoms with E-state index in [4.69, 9.17) is 0 Å². The van der Waals surface area contributed by atoms with Gasteiger partial charge in [-0.25, -0.2) is 0 Å². The van der Waals surface area contributed by atoms with Gasteiger partial charge in [-0.1, -0.05) is 13.8 Å². The zero-order valence-corrected chi connectivity index (χ0v) is 28.1. The first-order chi connectivity index (χ1) is 19.3. The maximum absolute atomic E-state index is 13.7. The Labute approximate surface area is 253 Å². The van der Waals surface area contributed by atoms with Crippen LogP contribution in [0.2, 0.25) is 0 Å². The van der Waals surface area contributed by atoms with Crippen molar-refractivity contribution in [1.29, 1.82) is 0 Å². The average molecular weight is 550 g/mol. The summed E-state index contributed by atoms with van der Waals surface area (Å²) < 4.78 is 0. The molecule has 227 valence electrons. The molecule has 0 saturated carbocycles. The van der Waals surface area contributed by atoms with Gasteiger partial charge in [0.25, 0.3) is 0 Å². The van der Waals surface area contributed by atoms with Crippen molar-refractivity contribution < 1.29 is 4.79 Å². The monoisotopic (exact) mass is 550 g/mol. The molecule has 1 nitrogen and oxygen atoms in total. The van der Waals surface area contributed by atoms with Crippen LogP contribution in [-0.2, 0) is 17.5 Å². The summed E-state index contributed by atoms with van der Waals surface area (Å²) in [5.41, 5.74) is 3.41. The van der Waals surface area contributed by atoms with Crippen molar-refractivity contribution in [2.75, 3.05) is 0 Å². The Bertz CT molecular complexity index is 748. The van der Waals surface area contributed by atoms with E-state index in [1.54, 1.807) is 0 Å². The third kappa shape index (κ3) is 16.0. The summed E-state index contributed by atoms with van der Waals surface area (Å²) in [6.45, 7) is 16.2. The van der Waals surface area contributed by atoms with Gasteiger partial charge in [0.2, 0.25) is 0 Å². The van der Waals surface area contributed by atoms with Gasteiger partial charge in [0.05, 0.1) is 0 Å². The van der Waals surface area contributed by atoms with E-state index in [0.717, 1.165) is 25.6 Å². The van der Waals surface area contributed by atoms with Gasteiger partial charge in [-0.05, 0) is 0 Å². The van der Waals surface area contributed by atoms with E-state index < -0.39 is 0 Å². The van der Waals surface area contributed by atoms with E-state index in [9.17, 15) is 4.79 Å². The van der Waals surface area contributed by atoms with E-state index in [1.807, 2.05) is 0 Å². The van der Waals surface area contributed by atoms with Crippen LogP contribution in [0.1, 0.15) is 188 Å². The standard InChI is InChI=1S/C37H67B2O/c1-7-11-15-19-21-26-36(5,25-20-16-12-8-2)30-34-31-38-29-24-33(34)32-39-35(40)37(6,27-22-17-13-9-3)28-23-18-14-10-4/h24,29,31H,7-23,25-28,30,32H2,1-6H3. The maximum atomic E-state index is 13.7. The van der Waals surface area contributed by atoms with Gasteiger partial charge >= 0.3 is 240 Å². The molecule has 0 bridgehead atoms. The second kappa shape index (κ2) is 22.7. The molecule has 1 aromatic heterocycles. The minimum atomic E-state index is -0.192. The van der Waals surface area contributed by atoms with Gasteiger partial charge < -0.3 is 0 Å². The molecule has 0 aliphatic heterocycles. The first-order valence-electron chi connectivity index (χ1n) is 17.8. The molecule has 1 rings (SSSR count). The van der Waals surface area contributed by atoms with Crippen molar-refractivity contribution in [2.45, 2.75) is 189 Å². The number of unbranched alkanes of at least 4 members (excludes halogenated alkanes) is 13. The average Bonchev–Trinajstić information content (AvgIpc) is 2.95. The van der Waals surface area contributed by atoms with Crippen LogP contribution in [0.3, 0.4) is 0 Å². The Balaban J connectivity index is 2.91. The summed E-state index contributed by atoms with van der Waals surface area (Å²) in [6, 6.07) is 2.29. The molecule has 0 aliphatic carbocycles. The molecule has 0 saturated heterocycles. The Kier molecular flexibility index (Phi) is 21.1. The Hall–Kier alpha value is -0.850. The predicted molar refractivity (Wildman–Crippen MR) is 182 cm³/mol. The van der Waals surface area contributed by atoms with Gasteiger partial charge in [-0.15, -0.1) is 0 Å². The van der Waals surface area contributed by atoms with Crippen LogP contribution in [0, 0.1) is 10.8 Å². The predicted octanol–water partition coefficient (Wildman–Crippen LogP) is 11.6. The van der Waals surface area contributed by atoms with Gasteiger partial charge in [0, 0.05) is 0 Å². The zero-order valence-electron chi connectivity index (χ0n) is 28.1. The van der Waals surface area contributed by atoms with Gasteiger partial charge in [-0.3, -0.25) is 0 Å². The fourth-order valence-corrected chi connectivity index (χ4v) is 6.53. The second-order valence-corrected chi connectivity index (χ2v) is 13.7. The first-order valence-corrected chi connectivity index (χ1v) is 17.8. The smallest absolute Gasteiger partial charge is 0.0654 e. The molecule has 1 radical (unpaired) electrons. The summed E-state index contributed by atoms with van der Waals surface area (Å²) in [6.07, 6.45) is 28.8. The molecule has 0 N–H and O–H groups in total. The van der Waals surface area contributed by atoms with Gasteiger partial charge in [0.1, 0.15) is 0 Å². The number of rotatable bonds is 27. The molecule has 1 heterocycles. The molecule has 1 unspecified atom stereocenters. The second-order valence-electron chi connectivity index (χ2n) is 13.7. The molecule has 40 heavy (non-hydrogen) atoms. The van der Waals surface area contributed by atoms with Gasteiger partial charge in [-0.2, -0.15) is 0 Å². The van der Waals surface area contributed by atoms with Crippen molar-refractivity contribution in [1.82, 2.24) is 0 Å². The van der Waals surface area contributed by atoms with Crippen LogP contribution in [0.5, 0.6) is 0 Å². The topological polar surface area (TPSA) is 17.1 Å². The number of hydrogen-bond donors (Lipinski definition) is 0. The Morgan fingerprint density at radius 1 is 0.650 bits per heavy atom. The van der Waals surface area contributed by atoms with Crippen LogP contribution in [0.15, 0.2) is 18.0 Å². The molecule has 0 fully saturated rings. The molecule has 0 aliphatic rings. The summed E-state index contributed by atoms with van der Waals surface area (Å²) >= 11 is 0. The van der Waals surface area contributed by atoms with E-state index >= 15 is 0 Å². The van der Waals surface area contributed by atoms with Crippen LogP contribution in [0.25, 0.3) is 0 Å². The van der Waals surface area contributed by atoms with Crippen molar-refractivity contribution in [3.05, 3.63) is 29.1 Å². The summed E-state index contributed by atoms with van der Waals surface area (Å²) in [5.74, 6) is 4.53. The summed E-state index contributed by atoms with van der Waals surface area (Å²) in [4.78, 5) is 13.7. The first kappa shape index (κ1) is 37.2. The molecule has 1 atom stereocenters. The van der Waals surface area contributed by atoms with Crippen molar-refractivity contribution in [3.8, 4) is 0 Å². The third-order valence-corrected chi connectivity index (χ3v) is 9.52.